The first-order chi connectivity index (χ1) is 6.90. The van der Waals surface area contributed by atoms with E-state index < -0.39 is 0 Å². The molecule has 0 radical (unpaired) electrons. The Kier molecular flexibility index (Phi) is 2.09. The maximum atomic E-state index is 6.41. The molecule has 15 heavy (non-hydrogen) atoms. The average molecular weight is 205 g/mol. The van der Waals surface area contributed by atoms with E-state index in [9.17, 15) is 0 Å². The lowest BCUT2D eigenvalue weighted by atomic mass is 9.95. The molecule has 0 heterocycles. The van der Waals surface area contributed by atoms with Crippen molar-refractivity contribution in [3.05, 3.63) is 29.3 Å². The van der Waals surface area contributed by atoms with Crippen LogP contribution in [0, 0.1) is 12.3 Å². The van der Waals surface area contributed by atoms with Gasteiger partial charge in [0.2, 0.25) is 0 Å². The summed E-state index contributed by atoms with van der Waals surface area (Å²) in [6.07, 6.45) is 1.03. The number of ether oxygens (including phenoxy) is 1. The maximum absolute atomic E-state index is 6.41. The monoisotopic (exact) mass is 205 g/mol. The average Bonchev–Trinajstić information content (AvgIpc) is 2.67. The zero-order chi connectivity index (χ0) is 11.3. The number of benzene rings is 1. The molecule has 1 fully saturated rings. The van der Waals surface area contributed by atoms with Gasteiger partial charge in [0.25, 0.3) is 0 Å². The summed E-state index contributed by atoms with van der Waals surface area (Å²) in [5.41, 5.74) is 8.78. The first-order valence-electron chi connectivity index (χ1n) is 5.35. The van der Waals surface area contributed by atoms with Gasteiger partial charge in [0.1, 0.15) is 5.75 Å². The maximum Gasteiger partial charge on any atom is 0.123 e. The van der Waals surface area contributed by atoms with Gasteiger partial charge in [-0.05, 0) is 24.8 Å². The highest BCUT2D eigenvalue weighted by atomic mass is 16.5. The molecule has 0 amide bonds. The Balaban J connectivity index is 2.48. The second-order valence-corrected chi connectivity index (χ2v) is 5.24. The lowest BCUT2D eigenvalue weighted by molar-refractivity contribution is 0.395. The minimum atomic E-state index is -0.204. The molecule has 1 saturated carbocycles. The van der Waals surface area contributed by atoms with Crippen LogP contribution in [0.15, 0.2) is 18.2 Å². The highest BCUT2D eigenvalue weighted by molar-refractivity contribution is 5.47. The molecule has 1 unspecified atom stereocenters. The van der Waals surface area contributed by atoms with E-state index in [1.54, 1.807) is 7.11 Å². The summed E-state index contributed by atoms with van der Waals surface area (Å²) in [6, 6.07) is 6.21. The van der Waals surface area contributed by atoms with E-state index >= 15 is 0 Å². The third kappa shape index (κ3) is 1.44. The standard InChI is InChI=1S/C13H19NO/c1-9-5-6-11(15-4)10(7-9)13(14)8-12(13,2)3/h5-7H,8,14H2,1-4H3. The zero-order valence-corrected chi connectivity index (χ0v) is 9.92. The molecule has 2 N–H and O–H groups in total. The molecule has 2 rings (SSSR count). The van der Waals surface area contributed by atoms with E-state index in [0.29, 0.717) is 0 Å². The molecule has 1 aromatic carbocycles. The largest absolute Gasteiger partial charge is 0.496 e. The zero-order valence-electron chi connectivity index (χ0n) is 9.92. The Bertz CT molecular complexity index is 398. The van der Waals surface area contributed by atoms with Crippen molar-refractivity contribution in [3.8, 4) is 5.75 Å². The summed E-state index contributed by atoms with van der Waals surface area (Å²) < 4.78 is 5.38. The molecule has 2 heteroatoms. The predicted octanol–water partition coefficient (Wildman–Crippen LogP) is 2.59. The third-order valence-corrected chi connectivity index (χ3v) is 3.64. The number of methoxy groups -OCH3 is 1. The molecule has 1 aliphatic rings. The minimum absolute atomic E-state index is 0.189. The van der Waals surface area contributed by atoms with Gasteiger partial charge in [0, 0.05) is 5.56 Å². The summed E-state index contributed by atoms with van der Waals surface area (Å²) in [7, 11) is 1.70. The second-order valence-electron chi connectivity index (χ2n) is 5.24. The Morgan fingerprint density at radius 1 is 1.33 bits per heavy atom. The highest BCUT2D eigenvalue weighted by Gasteiger charge is 2.60. The normalized spacial score (nSPS) is 27.5. The van der Waals surface area contributed by atoms with Crippen molar-refractivity contribution in [2.45, 2.75) is 32.7 Å². The first kappa shape index (κ1) is 10.5. The van der Waals surface area contributed by atoms with Gasteiger partial charge in [-0.1, -0.05) is 31.5 Å². The van der Waals surface area contributed by atoms with Gasteiger partial charge >= 0.3 is 0 Å². The molecule has 1 atom stereocenters. The number of nitrogens with two attached hydrogens (primary N) is 1. The van der Waals surface area contributed by atoms with Gasteiger partial charge in [0.05, 0.1) is 12.6 Å². The van der Waals surface area contributed by atoms with Crippen molar-refractivity contribution < 1.29 is 4.74 Å². The molecular formula is C13H19NO. The molecule has 0 spiro atoms. The summed E-state index contributed by atoms with van der Waals surface area (Å²) in [5, 5.41) is 0. The smallest absolute Gasteiger partial charge is 0.123 e. The molecular weight excluding hydrogens is 186 g/mol. The van der Waals surface area contributed by atoms with E-state index in [1.807, 2.05) is 6.07 Å². The molecule has 1 aliphatic carbocycles. The van der Waals surface area contributed by atoms with Crippen LogP contribution in [0.5, 0.6) is 5.75 Å². The van der Waals surface area contributed by atoms with Gasteiger partial charge < -0.3 is 10.5 Å². The summed E-state index contributed by atoms with van der Waals surface area (Å²) in [4.78, 5) is 0. The van der Waals surface area contributed by atoms with Crippen LogP contribution in [0.25, 0.3) is 0 Å². The second kappa shape index (κ2) is 2.99. The fourth-order valence-corrected chi connectivity index (χ4v) is 2.28. The molecule has 82 valence electrons. The summed E-state index contributed by atoms with van der Waals surface area (Å²) in [6.45, 7) is 6.49. The number of aryl methyl sites for hydroxylation is 1. The van der Waals surface area contributed by atoms with E-state index in [1.165, 1.54) is 5.56 Å². The fraction of sp³-hybridized carbons (Fsp3) is 0.538. The Morgan fingerprint density at radius 2 is 1.93 bits per heavy atom. The van der Waals surface area contributed by atoms with Crippen LogP contribution in [0.3, 0.4) is 0 Å². The van der Waals surface area contributed by atoms with Crippen LogP contribution in [0.4, 0.5) is 0 Å². The topological polar surface area (TPSA) is 35.2 Å². The van der Waals surface area contributed by atoms with Crippen LogP contribution in [-0.4, -0.2) is 7.11 Å². The van der Waals surface area contributed by atoms with Crippen molar-refractivity contribution in [3.63, 3.8) is 0 Å². The Hall–Kier alpha value is -1.02. The molecule has 0 aromatic heterocycles. The first-order valence-corrected chi connectivity index (χ1v) is 5.35. The van der Waals surface area contributed by atoms with Crippen molar-refractivity contribution in [1.29, 1.82) is 0 Å². The fourth-order valence-electron chi connectivity index (χ4n) is 2.28. The van der Waals surface area contributed by atoms with Gasteiger partial charge in [-0.15, -0.1) is 0 Å². The highest BCUT2D eigenvalue weighted by Crippen LogP contribution is 2.62. The Labute approximate surface area is 91.4 Å². The van der Waals surface area contributed by atoms with Crippen molar-refractivity contribution in [2.75, 3.05) is 7.11 Å². The van der Waals surface area contributed by atoms with Crippen molar-refractivity contribution in [2.24, 2.45) is 11.1 Å². The van der Waals surface area contributed by atoms with E-state index in [-0.39, 0.29) is 11.0 Å². The van der Waals surface area contributed by atoms with Crippen LogP contribution in [-0.2, 0) is 5.54 Å². The van der Waals surface area contributed by atoms with Crippen LogP contribution in [0.2, 0.25) is 0 Å². The van der Waals surface area contributed by atoms with E-state index in [2.05, 4.69) is 32.9 Å². The number of hydrogen-bond acceptors (Lipinski definition) is 2. The molecule has 0 bridgehead atoms. The van der Waals surface area contributed by atoms with Crippen LogP contribution in [0.1, 0.15) is 31.4 Å². The van der Waals surface area contributed by atoms with Crippen molar-refractivity contribution in [1.82, 2.24) is 0 Å². The lowest BCUT2D eigenvalue weighted by Gasteiger charge is -2.19. The SMILES string of the molecule is COc1ccc(C)cc1C1(N)CC1(C)C. The van der Waals surface area contributed by atoms with Gasteiger partial charge in [0.15, 0.2) is 0 Å². The van der Waals surface area contributed by atoms with Gasteiger partial charge in [-0.3, -0.25) is 0 Å². The minimum Gasteiger partial charge on any atom is -0.496 e. The third-order valence-electron chi connectivity index (χ3n) is 3.64. The van der Waals surface area contributed by atoms with Gasteiger partial charge in [-0.2, -0.15) is 0 Å². The Morgan fingerprint density at radius 3 is 2.40 bits per heavy atom. The number of rotatable bonds is 2. The van der Waals surface area contributed by atoms with Gasteiger partial charge in [-0.25, -0.2) is 0 Å². The molecule has 0 aliphatic heterocycles. The summed E-state index contributed by atoms with van der Waals surface area (Å²) >= 11 is 0. The van der Waals surface area contributed by atoms with Crippen molar-refractivity contribution >= 4 is 0 Å². The van der Waals surface area contributed by atoms with E-state index in [0.717, 1.165) is 17.7 Å². The predicted molar refractivity (Wildman–Crippen MR) is 62.0 cm³/mol. The number of hydrogen-bond donors (Lipinski definition) is 1. The molecule has 0 saturated heterocycles. The van der Waals surface area contributed by atoms with Crippen LogP contribution >= 0.6 is 0 Å². The van der Waals surface area contributed by atoms with Crippen LogP contribution < -0.4 is 10.5 Å². The summed E-state index contributed by atoms with van der Waals surface area (Å²) in [5.74, 6) is 0.911. The quantitative estimate of drug-likeness (QED) is 0.805. The molecule has 1 aromatic rings. The molecule has 2 nitrogen and oxygen atoms in total. The van der Waals surface area contributed by atoms with E-state index in [4.69, 9.17) is 10.5 Å². The lowest BCUT2D eigenvalue weighted by Crippen LogP contribution is -2.26.